The van der Waals surface area contributed by atoms with E-state index in [2.05, 4.69) is 10.5 Å². The number of hydrazone groups is 1. The van der Waals surface area contributed by atoms with Crippen LogP contribution in [0.3, 0.4) is 0 Å². The van der Waals surface area contributed by atoms with Crippen LogP contribution in [0.1, 0.15) is 28.4 Å². The number of benzene rings is 3. The number of hydrogen-bond donors (Lipinski definition) is 1. The van der Waals surface area contributed by atoms with Gasteiger partial charge in [-0.1, -0.05) is 17.7 Å². The van der Waals surface area contributed by atoms with Gasteiger partial charge < -0.3 is 18.9 Å². The van der Waals surface area contributed by atoms with E-state index in [1.54, 1.807) is 61.7 Å². The van der Waals surface area contributed by atoms with Gasteiger partial charge in [-0.3, -0.25) is 4.79 Å². The van der Waals surface area contributed by atoms with Gasteiger partial charge in [0, 0.05) is 0 Å². The summed E-state index contributed by atoms with van der Waals surface area (Å²) in [6.07, 6.45) is 1.46. The van der Waals surface area contributed by atoms with Crippen molar-refractivity contribution < 1.29 is 28.5 Å². The molecule has 3 rings (SSSR count). The number of ether oxygens (including phenoxy) is 4. The van der Waals surface area contributed by atoms with Crippen molar-refractivity contribution in [3.05, 3.63) is 83.4 Å². The third kappa shape index (κ3) is 7.09. The maximum atomic E-state index is 12.5. The van der Waals surface area contributed by atoms with Gasteiger partial charge in [0.05, 0.1) is 25.5 Å². The summed E-state index contributed by atoms with van der Waals surface area (Å²) in [6, 6.07) is 19.0. The van der Waals surface area contributed by atoms with Crippen LogP contribution in [-0.2, 0) is 4.79 Å². The van der Waals surface area contributed by atoms with Crippen LogP contribution in [0.5, 0.6) is 23.0 Å². The third-order valence-corrected chi connectivity index (χ3v) is 4.59. The molecular formula is C26H26N2O6. The van der Waals surface area contributed by atoms with E-state index in [1.807, 2.05) is 26.0 Å². The lowest BCUT2D eigenvalue weighted by atomic mass is 10.2. The number of esters is 1. The third-order valence-electron chi connectivity index (χ3n) is 4.59. The highest BCUT2D eigenvalue weighted by Gasteiger charge is 2.13. The van der Waals surface area contributed by atoms with Crippen LogP contribution in [-0.4, -0.2) is 38.4 Å². The number of carbonyl (C=O) groups is 2. The Balaban J connectivity index is 1.58. The molecule has 34 heavy (non-hydrogen) atoms. The molecule has 0 aliphatic heterocycles. The first-order valence-electron chi connectivity index (χ1n) is 10.6. The molecule has 0 atom stereocenters. The summed E-state index contributed by atoms with van der Waals surface area (Å²) in [5.74, 6) is 0.977. The van der Waals surface area contributed by atoms with Crippen molar-refractivity contribution in [2.45, 2.75) is 13.8 Å². The van der Waals surface area contributed by atoms with E-state index in [0.29, 0.717) is 35.0 Å². The van der Waals surface area contributed by atoms with Crippen LogP contribution in [0.2, 0.25) is 0 Å². The van der Waals surface area contributed by atoms with E-state index in [9.17, 15) is 9.59 Å². The van der Waals surface area contributed by atoms with E-state index in [1.165, 1.54) is 6.21 Å². The highest BCUT2D eigenvalue weighted by molar-refractivity contribution is 5.92. The van der Waals surface area contributed by atoms with Gasteiger partial charge >= 0.3 is 5.97 Å². The van der Waals surface area contributed by atoms with Crippen molar-refractivity contribution in [2.24, 2.45) is 5.10 Å². The molecule has 0 saturated heterocycles. The van der Waals surface area contributed by atoms with Gasteiger partial charge in [-0.15, -0.1) is 0 Å². The first-order chi connectivity index (χ1) is 16.5. The molecule has 0 aliphatic rings. The monoisotopic (exact) mass is 462 g/mol. The number of amides is 1. The summed E-state index contributed by atoms with van der Waals surface area (Å²) in [5.41, 5.74) is 4.54. The molecule has 0 saturated carbocycles. The van der Waals surface area contributed by atoms with Crippen molar-refractivity contribution >= 4 is 18.1 Å². The summed E-state index contributed by atoms with van der Waals surface area (Å²) in [6.45, 7) is 4.01. The zero-order valence-electron chi connectivity index (χ0n) is 19.2. The molecule has 0 heterocycles. The second kappa shape index (κ2) is 12.1. The molecule has 8 heteroatoms. The molecule has 3 aromatic carbocycles. The van der Waals surface area contributed by atoms with E-state index in [4.69, 9.17) is 18.9 Å². The average Bonchev–Trinajstić information content (AvgIpc) is 2.85. The minimum Gasteiger partial charge on any atom is -0.497 e. The van der Waals surface area contributed by atoms with Crippen LogP contribution >= 0.6 is 0 Å². The Morgan fingerprint density at radius 2 is 1.62 bits per heavy atom. The van der Waals surface area contributed by atoms with Gasteiger partial charge in [0.1, 0.15) is 11.5 Å². The molecule has 0 fully saturated rings. The topological polar surface area (TPSA) is 95.5 Å². The smallest absolute Gasteiger partial charge is 0.343 e. The van der Waals surface area contributed by atoms with Crippen molar-refractivity contribution in [3.8, 4) is 23.0 Å². The fourth-order valence-electron chi connectivity index (χ4n) is 2.84. The van der Waals surface area contributed by atoms with E-state index in [0.717, 1.165) is 5.56 Å². The normalized spacial score (nSPS) is 10.6. The lowest BCUT2D eigenvalue weighted by Gasteiger charge is -2.11. The minimum atomic E-state index is -0.522. The van der Waals surface area contributed by atoms with Crippen LogP contribution in [0.4, 0.5) is 0 Å². The Hall–Kier alpha value is -4.33. The molecule has 1 N–H and O–H groups in total. The number of nitrogens with zero attached hydrogens (tertiary/aromatic N) is 1. The number of methoxy groups -OCH3 is 1. The molecule has 0 aromatic heterocycles. The Bertz CT molecular complexity index is 1140. The van der Waals surface area contributed by atoms with Crippen molar-refractivity contribution in [2.75, 3.05) is 20.3 Å². The quantitative estimate of drug-likeness (QED) is 0.211. The molecule has 1 amide bonds. The molecular weight excluding hydrogens is 436 g/mol. The average molecular weight is 463 g/mol. The Morgan fingerprint density at radius 3 is 2.29 bits per heavy atom. The number of nitrogens with one attached hydrogen (secondary N) is 1. The van der Waals surface area contributed by atoms with Gasteiger partial charge in [-0.2, -0.15) is 5.10 Å². The lowest BCUT2D eigenvalue weighted by Crippen LogP contribution is -2.24. The highest BCUT2D eigenvalue weighted by atomic mass is 16.6. The zero-order chi connectivity index (χ0) is 24.3. The molecule has 8 nitrogen and oxygen atoms in total. The maximum Gasteiger partial charge on any atom is 0.343 e. The molecule has 0 aliphatic carbocycles. The van der Waals surface area contributed by atoms with E-state index < -0.39 is 11.9 Å². The molecule has 0 bridgehead atoms. The van der Waals surface area contributed by atoms with Crippen LogP contribution in [0.15, 0.2) is 71.8 Å². The zero-order valence-corrected chi connectivity index (χ0v) is 19.2. The molecule has 0 unspecified atom stereocenters. The Kier molecular flexibility index (Phi) is 8.62. The summed E-state index contributed by atoms with van der Waals surface area (Å²) in [4.78, 5) is 24.4. The van der Waals surface area contributed by atoms with Gasteiger partial charge in [0.2, 0.25) is 0 Å². The lowest BCUT2D eigenvalue weighted by molar-refractivity contribution is -0.123. The maximum absolute atomic E-state index is 12.5. The van der Waals surface area contributed by atoms with Crippen molar-refractivity contribution in [1.29, 1.82) is 0 Å². The molecule has 0 radical (unpaired) electrons. The predicted molar refractivity (Wildman–Crippen MR) is 128 cm³/mol. The fraction of sp³-hybridized carbons (Fsp3) is 0.192. The van der Waals surface area contributed by atoms with E-state index >= 15 is 0 Å². The van der Waals surface area contributed by atoms with Crippen LogP contribution in [0, 0.1) is 6.92 Å². The summed E-state index contributed by atoms with van der Waals surface area (Å²) < 4.78 is 21.6. The summed E-state index contributed by atoms with van der Waals surface area (Å²) >= 11 is 0. The van der Waals surface area contributed by atoms with Crippen LogP contribution in [0.25, 0.3) is 0 Å². The first kappa shape index (κ1) is 24.3. The van der Waals surface area contributed by atoms with Crippen molar-refractivity contribution in [1.82, 2.24) is 5.43 Å². The molecule has 3 aromatic rings. The standard InChI is InChI=1S/C26H26N2O6/c1-4-32-24-15-19(16-27-28-25(29)17-33-22-10-5-18(2)6-11-22)7-14-23(24)34-26(30)20-8-12-21(31-3)13-9-20/h5-16H,4,17H2,1-3H3,(H,28,29)/b27-16+. The van der Waals surface area contributed by atoms with Crippen molar-refractivity contribution in [3.63, 3.8) is 0 Å². The first-order valence-corrected chi connectivity index (χ1v) is 10.6. The molecule has 176 valence electrons. The minimum absolute atomic E-state index is 0.162. The largest absolute Gasteiger partial charge is 0.497 e. The fourth-order valence-corrected chi connectivity index (χ4v) is 2.84. The molecule has 0 spiro atoms. The second-order valence-corrected chi connectivity index (χ2v) is 7.15. The second-order valence-electron chi connectivity index (χ2n) is 7.15. The SMILES string of the molecule is CCOc1cc(/C=N/NC(=O)COc2ccc(C)cc2)ccc1OC(=O)c1ccc(OC)cc1. The van der Waals surface area contributed by atoms with Gasteiger partial charge in [-0.05, 0) is 74.0 Å². The summed E-state index contributed by atoms with van der Waals surface area (Å²) in [5, 5.41) is 3.94. The predicted octanol–water partition coefficient (Wildman–Crippen LogP) is 4.15. The Labute approximate surface area is 198 Å². The van der Waals surface area contributed by atoms with Gasteiger partial charge in [0.25, 0.3) is 5.91 Å². The number of rotatable bonds is 10. The number of hydrogen-bond acceptors (Lipinski definition) is 7. The van der Waals surface area contributed by atoms with E-state index in [-0.39, 0.29) is 12.4 Å². The number of aryl methyl sites for hydroxylation is 1. The highest BCUT2D eigenvalue weighted by Crippen LogP contribution is 2.29. The van der Waals surface area contributed by atoms with Crippen LogP contribution < -0.4 is 24.4 Å². The number of carbonyl (C=O) groups excluding carboxylic acids is 2. The summed E-state index contributed by atoms with van der Waals surface area (Å²) in [7, 11) is 1.55. The Morgan fingerprint density at radius 1 is 0.912 bits per heavy atom. The van der Waals surface area contributed by atoms with Gasteiger partial charge in [0.15, 0.2) is 18.1 Å². The van der Waals surface area contributed by atoms with Gasteiger partial charge in [-0.25, -0.2) is 10.2 Å².